The molecule has 0 aliphatic carbocycles. The second kappa shape index (κ2) is 7.64. The molecule has 0 aliphatic rings. The Bertz CT molecular complexity index is 113. The van der Waals surface area contributed by atoms with Crippen LogP contribution in [0, 0.1) is 0 Å². The molecule has 1 nitrogen and oxygen atoms in total. The molecule has 0 aliphatic heterocycles. The van der Waals surface area contributed by atoms with Gasteiger partial charge in [-0.15, -0.1) is 11.6 Å². The van der Waals surface area contributed by atoms with E-state index in [1.807, 2.05) is 0 Å². The Kier molecular flexibility index (Phi) is 7.78. The van der Waals surface area contributed by atoms with Gasteiger partial charge < -0.3 is 5.32 Å². The molecule has 0 spiro atoms. The van der Waals surface area contributed by atoms with Crippen molar-refractivity contribution in [2.45, 2.75) is 58.4 Å². The predicted molar refractivity (Wildman–Crippen MR) is 61.6 cm³/mol. The molecule has 1 N–H and O–H groups in total. The van der Waals surface area contributed by atoms with Crippen molar-refractivity contribution < 1.29 is 0 Å². The lowest BCUT2D eigenvalue weighted by molar-refractivity contribution is 0.373. The third-order valence-electron chi connectivity index (χ3n) is 2.35. The molecule has 0 saturated carbocycles. The normalized spacial score (nSPS) is 12.0. The monoisotopic (exact) mass is 205 g/mol. The van der Waals surface area contributed by atoms with Crippen molar-refractivity contribution in [1.82, 2.24) is 5.32 Å². The van der Waals surface area contributed by atoms with Gasteiger partial charge >= 0.3 is 0 Å². The van der Waals surface area contributed by atoms with Gasteiger partial charge in [0, 0.05) is 11.4 Å². The molecular weight excluding hydrogens is 182 g/mol. The summed E-state index contributed by atoms with van der Waals surface area (Å²) < 4.78 is 0. The van der Waals surface area contributed by atoms with E-state index in [0.29, 0.717) is 0 Å². The number of halogens is 1. The van der Waals surface area contributed by atoms with Gasteiger partial charge in [0.05, 0.1) is 0 Å². The van der Waals surface area contributed by atoms with E-state index in [1.165, 1.54) is 25.7 Å². The number of alkyl halides is 1. The average Bonchev–Trinajstić information content (AvgIpc) is 2.04. The molecular formula is C11H24ClN. The fourth-order valence-corrected chi connectivity index (χ4v) is 1.78. The molecule has 0 rings (SSSR count). The third-order valence-corrected chi connectivity index (χ3v) is 2.54. The summed E-state index contributed by atoms with van der Waals surface area (Å²) in [6.07, 6.45) is 6.35. The molecule has 0 unspecified atom stereocenters. The second-order valence-electron chi connectivity index (χ2n) is 4.31. The summed E-state index contributed by atoms with van der Waals surface area (Å²) in [4.78, 5) is 0. The summed E-state index contributed by atoms with van der Waals surface area (Å²) >= 11 is 5.71. The Morgan fingerprint density at radius 2 is 1.85 bits per heavy atom. The number of unbranched alkanes of at least 4 members (excludes halogenated alkanes) is 3. The summed E-state index contributed by atoms with van der Waals surface area (Å²) in [6.45, 7) is 7.80. The molecule has 0 amide bonds. The van der Waals surface area contributed by atoms with Crippen LogP contribution in [-0.4, -0.2) is 18.0 Å². The van der Waals surface area contributed by atoms with Crippen molar-refractivity contribution >= 4 is 11.6 Å². The lowest BCUT2D eigenvalue weighted by atomic mass is 10.0. The Morgan fingerprint density at radius 1 is 1.15 bits per heavy atom. The van der Waals surface area contributed by atoms with Gasteiger partial charge in [-0.05, 0) is 33.2 Å². The summed E-state index contributed by atoms with van der Waals surface area (Å²) in [5.41, 5.74) is 0.216. The van der Waals surface area contributed by atoms with Gasteiger partial charge in [-0.1, -0.05) is 26.2 Å². The lowest BCUT2D eigenvalue weighted by Crippen LogP contribution is -2.40. The summed E-state index contributed by atoms with van der Waals surface area (Å²) in [7, 11) is 0. The Labute approximate surface area is 88.2 Å². The SMILES string of the molecule is CCCCCCNC(C)(C)CCCl. The topological polar surface area (TPSA) is 12.0 Å². The van der Waals surface area contributed by atoms with Crippen molar-refractivity contribution in [2.75, 3.05) is 12.4 Å². The van der Waals surface area contributed by atoms with Gasteiger partial charge in [0.25, 0.3) is 0 Å². The minimum absolute atomic E-state index is 0.216. The molecule has 0 atom stereocenters. The van der Waals surface area contributed by atoms with Gasteiger partial charge in [0.15, 0.2) is 0 Å². The first-order chi connectivity index (χ1) is 6.12. The average molecular weight is 206 g/mol. The number of rotatable bonds is 8. The first kappa shape index (κ1) is 13.2. The van der Waals surface area contributed by atoms with Crippen molar-refractivity contribution in [1.29, 1.82) is 0 Å². The van der Waals surface area contributed by atoms with E-state index in [4.69, 9.17) is 11.6 Å². The molecule has 0 aromatic carbocycles. The van der Waals surface area contributed by atoms with Gasteiger partial charge in [-0.2, -0.15) is 0 Å². The zero-order chi connectivity index (χ0) is 10.2. The number of hydrogen-bond acceptors (Lipinski definition) is 1. The van der Waals surface area contributed by atoms with Crippen molar-refractivity contribution in [2.24, 2.45) is 0 Å². The Hall–Kier alpha value is 0.250. The maximum Gasteiger partial charge on any atom is 0.0240 e. The van der Waals surface area contributed by atoms with E-state index < -0.39 is 0 Å². The first-order valence-electron chi connectivity index (χ1n) is 5.43. The van der Waals surface area contributed by atoms with Gasteiger partial charge in [0.2, 0.25) is 0 Å². The van der Waals surface area contributed by atoms with Gasteiger partial charge in [-0.25, -0.2) is 0 Å². The van der Waals surface area contributed by atoms with E-state index in [9.17, 15) is 0 Å². The molecule has 0 radical (unpaired) electrons. The Balaban J connectivity index is 3.29. The highest BCUT2D eigenvalue weighted by Crippen LogP contribution is 2.09. The zero-order valence-electron chi connectivity index (χ0n) is 9.33. The van der Waals surface area contributed by atoms with Crippen LogP contribution in [-0.2, 0) is 0 Å². The standard InChI is InChI=1S/C11H24ClN/c1-4-5-6-7-10-13-11(2,3)8-9-12/h13H,4-10H2,1-3H3. The van der Waals surface area contributed by atoms with E-state index in [2.05, 4.69) is 26.1 Å². The maximum absolute atomic E-state index is 5.71. The third kappa shape index (κ3) is 8.58. The van der Waals surface area contributed by atoms with Crippen LogP contribution < -0.4 is 5.32 Å². The molecule has 2 heteroatoms. The van der Waals surface area contributed by atoms with Crippen molar-refractivity contribution in [3.05, 3.63) is 0 Å². The van der Waals surface area contributed by atoms with Crippen LogP contribution in [0.3, 0.4) is 0 Å². The summed E-state index contributed by atoms with van der Waals surface area (Å²) in [6, 6.07) is 0. The van der Waals surface area contributed by atoms with E-state index in [-0.39, 0.29) is 5.54 Å². The van der Waals surface area contributed by atoms with E-state index in [1.54, 1.807) is 0 Å². The molecule has 80 valence electrons. The maximum atomic E-state index is 5.71. The fourth-order valence-electron chi connectivity index (χ4n) is 1.30. The molecule has 0 bridgehead atoms. The molecule has 0 aromatic heterocycles. The Morgan fingerprint density at radius 3 is 2.38 bits per heavy atom. The summed E-state index contributed by atoms with van der Waals surface area (Å²) in [5.74, 6) is 0.745. The van der Waals surface area contributed by atoms with Crippen LogP contribution in [0.1, 0.15) is 52.9 Å². The van der Waals surface area contributed by atoms with Crippen LogP contribution in [0.5, 0.6) is 0 Å². The van der Waals surface area contributed by atoms with Crippen LogP contribution >= 0.6 is 11.6 Å². The predicted octanol–water partition coefficient (Wildman–Crippen LogP) is 3.56. The fraction of sp³-hybridized carbons (Fsp3) is 1.00. The molecule has 0 saturated heterocycles. The molecule has 0 aromatic rings. The van der Waals surface area contributed by atoms with Gasteiger partial charge in [-0.3, -0.25) is 0 Å². The van der Waals surface area contributed by atoms with E-state index in [0.717, 1.165) is 18.8 Å². The highest BCUT2D eigenvalue weighted by atomic mass is 35.5. The van der Waals surface area contributed by atoms with Crippen LogP contribution in [0.2, 0.25) is 0 Å². The quantitative estimate of drug-likeness (QED) is 0.472. The van der Waals surface area contributed by atoms with Crippen LogP contribution in [0.4, 0.5) is 0 Å². The number of hydrogen-bond donors (Lipinski definition) is 1. The second-order valence-corrected chi connectivity index (χ2v) is 4.69. The van der Waals surface area contributed by atoms with E-state index >= 15 is 0 Å². The first-order valence-corrected chi connectivity index (χ1v) is 5.97. The smallest absolute Gasteiger partial charge is 0.0240 e. The van der Waals surface area contributed by atoms with Gasteiger partial charge in [0.1, 0.15) is 0 Å². The van der Waals surface area contributed by atoms with Crippen molar-refractivity contribution in [3.63, 3.8) is 0 Å². The lowest BCUT2D eigenvalue weighted by Gasteiger charge is -2.25. The highest BCUT2D eigenvalue weighted by Gasteiger charge is 2.14. The highest BCUT2D eigenvalue weighted by molar-refractivity contribution is 6.17. The van der Waals surface area contributed by atoms with Crippen LogP contribution in [0.15, 0.2) is 0 Å². The summed E-state index contributed by atoms with van der Waals surface area (Å²) in [5, 5.41) is 3.53. The minimum atomic E-state index is 0.216. The molecule has 13 heavy (non-hydrogen) atoms. The molecule has 0 fully saturated rings. The molecule has 0 heterocycles. The zero-order valence-corrected chi connectivity index (χ0v) is 10.1. The van der Waals surface area contributed by atoms with Crippen LogP contribution in [0.25, 0.3) is 0 Å². The minimum Gasteiger partial charge on any atom is -0.312 e. The number of nitrogens with one attached hydrogen (secondary N) is 1. The largest absolute Gasteiger partial charge is 0.312 e. The van der Waals surface area contributed by atoms with Crippen molar-refractivity contribution in [3.8, 4) is 0 Å².